The molecule has 4 N–H and O–H groups in total. The van der Waals surface area contributed by atoms with Crippen molar-refractivity contribution in [3.8, 4) is 0 Å². The molecule has 17 heteroatoms. The molecule has 0 saturated carbocycles. The quantitative estimate of drug-likeness (QED) is 0.286. The summed E-state index contributed by atoms with van der Waals surface area (Å²) in [6.07, 6.45) is 1.31. The predicted molar refractivity (Wildman–Crippen MR) is 123 cm³/mol. The number of hydrogen-bond acceptors (Lipinski definition) is 8. The Morgan fingerprint density at radius 2 is 0.727 bits per heavy atom. The summed E-state index contributed by atoms with van der Waals surface area (Å²) < 4.78 is 117. The summed E-state index contributed by atoms with van der Waals surface area (Å²) >= 11 is 0. The maximum absolute atomic E-state index is 10.7. The van der Waals surface area contributed by atoms with Gasteiger partial charge in [0, 0.05) is 0 Å². The van der Waals surface area contributed by atoms with Crippen LogP contribution in [0.2, 0.25) is 0 Å². The van der Waals surface area contributed by atoms with Crippen LogP contribution >= 0.6 is 0 Å². The van der Waals surface area contributed by atoms with Gasteiger partial charge in [0.15, 0.2) is 0 Å². The first-order chi connectivity index (χ1) is 14.4. The molecule has 0 unspecified atom stereocenters. The van der Waals surface area contributed by atoms with E-state index in [9.17, 15) is 33.7 Å². The van der Waals surface area contributed by atoms with Crippen LogP contribution in [0.4, 0.5) is 0 Å². The summed E-state index contributed by atoms with van der Waals surface area (Å²) in [5.74, 6) is 0. The van der Waals surface area contributed by atoms with Gasteiger partial charge in [-0.2, -0.15) is 33.7 Å². The normalized spacial score (nSPS) is 11.8. The largest absolute Gasteiger partial charge is 2.00 e. The van der Waals surface area contributed by atoms with E-state index in [1.54, 1.807) is 12.1 Å². The minimum absolute atomic E-state index is 0. The van der Waals surface area contributed by atoms with E-state index in [0.717, 1.165) is 0 Å². The first-order valence-corrected chi connectivity index (χ1v) is 13.6. The minimum atomic E-state index is -5.00. The maximum atomic E-state index is 10.7. The molecule has 0 amide bonds. The Balaban J connectivity index is -0.000000539. The molecule has 0 spiro atoms. The molecule has 0 heterocycles. The summed E-state index contributed by atoms with van der Waals surface area (Å²) in [6, 6.07) is 15.1. The van der Waals surface area contributed by atoms with E-state index < -0.39 is 48.9 Å². The standard InChI is InChI=1S/2C8H8O6S2.Ca.2H/c2*9-15(10,11)8(16(12,13)14)6-7-4-2-1-3-5-7;;;/h2*1-6H,(H,9,10,11)(H,12,13,14);;;/q;;+2;2*-1. The van der Waals surface area contributed by atoms with E-state index >= 15 is 0 Å². The van der Waals surface area contributed by atoms with Crippen molar-refractivity contribution < 1.29 is 54.7 Å². The van der Waals surface area contributed by atoms with Gasteiger partial charge in [0.1, 0.15) is 0 Å². The van der Waals surface area contributed by atoms with Gasteiger partial charge in [-0.05, 0) is 23.3 Å². The van der Waals surface area contributed by atoms with Crippen molar-refractivity contribution in [3.63, 3.8) is 0 Å². The fourth-order valence-corrected chi connectivity index (χ4v) is 5.20. The van der Waals surface area contributed by atoms with Gasteiger partial charge in [0.25, 0.3) is 0 Å². The van der Waals surface area contributed by atoms with Gasteiger partial charge in [0.05, 0.1) is 0 Å². The van der Waals surface area contributed by atoms with Crippen molar-refractivity contribution in [2.24, 2.45) is 0 Å². The Kier molecular flexibility index (Phi) is 12.1. The van der Waals surface area contributed by atoms with Crippen LogP contribution in [-0.4, -0.2) is 89.6 Å². The van der Waals surface area contributed by atoms with Gasteiger partial charge >= 0.3 is 78.2 Å². The third-order valence-corrected chi connectivity index (χ3v) is 8.22. The molecule has 0 aromatic heterocycles. The van der Waals surface area contributed by atoms with E-state index in [1.807, 2.05) is 0 Å². The molecule has 0 radical (unpaired) electrons. The van der Waals surface area contributed by atoms with E-state index in [1.165, 1.54) is 48.5 Å². The zero-order valence-corrected chi connectivity index (χ0v) is 21.8. The van der Waals surface area contributed by atoms with Gasteiger partial charge in [-0.25, -0.2) is 0 Å². The van der Waals surface area contributed by atoms with E-state index in [2.05, 4.69) is 0 Å². The number of hydrogen-bond donors (Lipinski definition) is 4. The second-order valence-corrected chi connectivity index (χ2v) is 11.7. The molecule has 0 atom stereocenters. The second-order valence-electron chi connectivity index (χ2n) is 5.65. The van der Waals surface area contributed by atoms with Crippen molar-refractivity contribution in [1.29, 1.82) is 0 Å². The van der Waals surface area contributed by atoms with Crippen LogP contribution in [0.15, 0.2) is 69.1 Å². The van der Waals surface area contributed by atoms with Crippen LogP contribution in [0, 0.1) is 0 Å². The summed E-state index contributed by atoms with van der Waals surface area (Å²) in [7, 11) is -20.0. The van der Waals surface area contributed by atoms with Crippen LogP contribution < -0.4 is 0 Å². The Morgan fingerprint density at radius 3 is 0.909 bits per heavy atom. The summed E-state index contributed by atoms with van der Waals surface area (Å²) in [5.41, 5.74) is 0.431. The van der Waals surface area contributed by atoms with Crippen molar-refractivity contribution >= 4 is 90.4 Å². The van der Waals surface area contributed by atoms with Crippen molar-refractivity contribution in [1.82, 2.24) is 0 Å². The van der Waals surface area contributed by atoms with Crippen LogP contribution in [0.1, 0.15) is 14.0 Å². The monoisotopic (exact) mass is 570 g/mol. The molecule has 0 aliphatic heterocycles. The molecule has 0 saturated heterocycles. The molecular weight excluding hydrogens is 553 g/mol. The van der Waals surface area contributed by atoms with Crippen LogP contribution in [0.5, 0.6) is 0 Å². The maximum Gasteiger partial charge on any atom is 2.00 e. The van der Waals surface area contributed by atoms with E-state index in [-0.39, 0.29) is 51.7 Å². The summed E-state index contributed by atoms with van der Waals surface area (Å²) in [6.45, 7) is 0. The predicted octanol–water partition coefficient (Wildman–Crippen LogP) is 1.37. The molecule has 33 heavy (non-hydrogen) atoms. The Hall–Kier alpha value is -1.18. The Morgan fingerprint density at radius 1 is 0.515 bits per heavy atom. The fraction of sp³-hybridized carbons (Fsp3) is 0. The molecule has 2 aromatic carbocycles. The van der Waals surface area contributed by atoms with Gasteiger partial charge in [-0.15, -0.1) is 0 Å². The van der Waals surface area contributed by atoms with Crippen molar-refractivity contribution in [2.75, 3.05) is 0 Å². The molecule has 12 nitrogen and oxygen atoms in total. The summed E-state index contributed by atoms with van der Waals surface area (Å²) in [5, 5.41) is 0. The average molecular weight is 571 g/mol. The number of benzene rings is 2. The minimum Gasteiger partial charge on any atom is -1.00 e. The first kappa shape index (κ1) is 31.8. The molecule has 0 fully saturated rings. The first-order valence-electron chi connectivity index (χ1n) is 7.86. The van der Waals surface area contributed by atoms with Crippen LogP contribution in [0.3, 0.4) is 0 Å². The van der Waals surface area contributed by atoms with Gasteiger partial charge in [-0.1, -0.05) is 60.7 Å². The SMILES string of the molecule is O=S(=O)(O)C(=Cc1ccccc1)S(=O)(=O)O.O=S(=O)(O)C(=Cc1ccccc1)S(=O)(=O)O.[Ca+2].[H-].[H-]. The third-order valence-electron chi connectivity index (χ3n) is 3.19. The zero-order valence-electron chi connectivity index (χ0n) is 18.3. The fourth-order valence-electron chi connectivity index (χ4n) is 1.93. The molecule has 0 aliphatic rings. The van der Waals surface area contributed by atoms with Gasteiger partial charge in [0.2, 0.25) is 8.47 Å². The molecule has 2 rings (SSSR count). The van der Waals surface area contributed by atoms with Crippen molar-refractivity contribution in [2.45, 2.75) is 0 Å². The average Bonchev–Trinajstić information content (AvgIpc) is 2.63. The second kappa shape index (κ2) is 12.5. The Labute approximate surface area is 223 Å². The topological polar surface area (TPSA) is 217 Å². The zero-order chi connectivity index (χ0) is 24.8. The molecule has 2 aromatic rings. The smallest absolute Gasteiger partial charge is 1.00 e. The molecule has 0 aliphatic carbocycles. The van der Waals surface area contributed by atoms with E-state index in [0.29, 0.717) is 12.2 Å². The van der Waals surface area contributed by atoms with Gasteiger partial charge in [-0.3, -0.25) is 18.2 Å². The third kappa shape index (κ3) is 11.7. The van der Waals surface area contributed by atoms with Crippen LogP contribution in [-0.2, 0) is 40.5 Å². The van der Waals surface area contributed by atoms with Gasteiger partial charge < -0.3 is 2.85 Å². The molecule has 0 bridgehead atoms. The molecule has 180 valence electrons. The summed E-state index contributed by atoms with van der Waals surface area (Å²) in [4.78, 5) is 0. The Bertz CT molecular complexity index is 1260. The van der Waals surface area contributed by atoms with E-state index in [4.69, 9.17) is 18.2 Å². The number of rotatable bonds is 6. The molecular formula is C16H18CaO12S4. The van der Waals surface area contributed by atoms with Crippen LogP contribution in [0.25, 0.3) is 12.2 Å². The van der Waals surface area contributed by atoms with Crippen molar-refractivity contribution in [3.05, 3.63) is 80.3 Å².